The SMILES string of the molecule is CC(C)Cc1nnc(NC(=O)CC(N)c2ccccc2)s1.Cl. The number of rotatable bonds is 6. The van der Waals surface area contributed by atoms with Crippen LogP contribution in [0.25, 0.3) is 0 Å². The second-order valence-corrected chi connectivity index (χ2v) is 6.43. The molecular formula is C15H21ClN4OS. The second kappa shape index (κ2) is 8.82. The molecule has 22 heavy (non-hydrogen) atoms. The number of carbonyl (C=O) groups is 1. The van der Waals surface area contributed by atoms with Crippen LogP contribution in [0.1, 0.15) is 36.9 Å². The van der Waals surface area contributed by atoms with Gasteiger partial charge in [-0.2, -0.15) is 0 Å². The zero-order valence-corrected chi connectivity index (χ0v) is 14.3. The number of carbonyl (C=O) groups excluding carboxylic acids is 1. The van der Waals surface area contributed by atoms with Gasteiger partial charge >= 0.3 is 0 Å². The van der Waals surface area contributed by atoms with E-state index in [9.17, 15) is 4.79 Å². The fourth-order valence-electron chi connectivity index (χ4n) is 1.92. The van der Waals surface area contributed by atoms with Gasteiger partial charge in [0, 0.05) is 18.9 Å². The Bertz CT molecular complexity index is 588. The summed E-state index contributed by atoms with van der Waals surface area (Å²) >= 11 is 1.42. The molecule has 0 aliphatic carbocycles. The van der Waals surface area contributed by atoms with E-state index in [4.69, 9.17) is 5.73 Å². The first kappa shape index (κ1) is 18.5. The molecule has 7 heteroatoms. The summed E-state index contributed by atoms with van der Waals surface area (Å²) < 4.78 is 0. The highest BCUT2D eigenvalue weighted by Crippen LogP contribution is 2.19. The Labute approximate surface area is 140 Å². The molecule has 0 saturated carbocycles. The molecule has 1 atom stereocenters. The number of anilines is 1. The summed E-state index contributed by atoms with van der Waals surface area (Å²) in [6.07, 6.45) is 1.10. The van der Waals surface area contributed by atoms with E-state index >= 15 is 0 Å². The molecule has 2 aromatic rings. The van der Waals surface area contributed by atoms with Crippen LogP contribution in [-0.4, -0.2) is 16.1 Å². The van der Waals surface area contributed by atoms with Crippen LogP contribution < -0.4 is 11.1 Å². The molecule has 0 saturated heterocycles. The summed E-state index contributed by atoms with van der Waals surface area (Å²) in [5, 5.41) is 12.3. The summed E-state index contributed by atoms with van der Waals surface area (Å²) in [6, 6.07) is 9.28. The van der Waals surface area contributed by atoms with Crippen molar-refractivity contribution in [3.63, 3.8) is 0 Å². The van der Waals surface area contributed by atoms with E-state index in [0.29, 0.717) is 11.0 Å². The van der Waals surface area contributed by atoms with Crippen LogP contribution in [0.3, 0.4) is 0 Å². The summed E-state index contributed by atoms with van der Waals surface area (Å²) in [6.45, 7) is 4.25. The molecular weight excluding hydrogens is 320 g/mol. The molecule has 5 nitrogen and oxygen atoms in total. The van der Waals surface area contributed by atoms with E-state index in [0.717, 1.165) is 17.0 Å². The van der Waals surface area contributed by atoms with Crippen LogP contribution in [-0.2, 0) is 11.2 Å². The van der Waals surface area contributed by atoms with E-state index < -0.39 is 0 Å². The van der Waals surface area contributed by atoms with Crippen molar-refractivity contribution in [2.24, 2.45) is 11.7 Å². The van der Waals surface area contributed by atoms with Crippen molar-refractivity contribution in [2.45, 2.75) is 32.7 Å². The van der Waals surface area contributed by atoms with Crippen LogP contribution in [0.2, 0.25) is 0 Å². The lowest BCUT2D eigenvalue weighted by Gasteiger charge is -2.10. The van der Waals surface area contributed by atoms with Gasteiger partial charge in [-0.3, -0.25) is 4.79 Å². The van der Waals surface area contributed by atoms with Crippen molar-refractivity contribution in [1.29, 1.82) is 0 Å². The van der Waals surface area contributed by atoms with E-state index in [-0.39, 0.29) is 30.8 Å². The third-order valence-electron chi connectivity index (χ3n) is 2.93. The number of hydrogen-bond donors (Lipinski definition) is 2. The van der Waals surface area contributed by atoms with Crippen LogP contribution in [0, 0.1) is 5.92 Å². The average molecular weight is 341 g/mol. The average Bonchev–Trinajstić information content (AvgIpc) is 2.85. The number of nitrogens with one attached hydrogen (secondary N) is 1. The van der Waals surface area contributed by atoms with Crippen molar-refractivity contribution in [3.8, 4) is 0 Å². The quantitative estimate of drug-likeness (QED) is 0.846. The van der Waals surface area contributed by atoms with Gasteiger partial charge < -0.3 is 11.1 Å². The molecule has 3 N–H and O–H groups in total. The summed E-state index contributed by atoms with van der Waals surface area (Å²) in [4.78, 5) is 12.0. The number of hydrogen-bond acceptors (Lipinski definition) is 5. The Kier molecular flexibility index (Phi) is 7.44. The summed E-state index contributed by atoms with van der Waals surface area (Å²) in [7, 11) is 0. The predicted molar refractivity (Wildman–Crippen MR) is 92.3 cm³/mol. The predicted octanol–water partition coefficient (Wildman–Crippen LogP) is 3.19. The smallest absolute Gasteiger partial charge is 0.228 e. The molecule has 2 rings (SSSR count). The van der Waals surface area contributed by atoms with E-state index in [2.05, 4.69) is 29.4 Å². The highest BCUT2D eigenvalue weighted by molar-refractivity contribution is 7.15. The third-order valence-corrected chi connectivity index (χ3v) is 3.79. The Hall–Kier alpha value is -1.50. The van der Waals surface area contributed by atoms with Crippen molar-refractivity contribution in [3.05, 3.63) is 40.9 Å². The second-order valence-electron chi connectivity index (χ2n) is 5.37. The first-order valence-electron chi connectivity index (χ1n) is 6.97. The van der Waals surface area contributed by atoms with Crippen molar-refractivity contribution in [2.75, 3.05) is 5.32 Å². The third kappa shape index (κ3) is 5.71. The monoisotopic (exact) mass is 340 g/mol. The minimum absolute atomic E-state index is 0. The molecule has 1 unspecified atom stereocenters. The van der Waals surface area contributed by atoms with Gasteiger partial charge in [0.05, 0.1) is 0 Å². The highest BCUT2D eigenvalue weighted by atomic mass is 35.5. The first-order valence-corrected chi connectivity index (χ1v) is 7.79. The molecule has 0 aliphatic rings. The molecule has 0 aliphatic heterocycles. The fourth-order valence-corrected chi connectivity index (χ4v) is 2.89. The zero-order chi connectivity index (χ0) is 15.2. The maximum Gasteiger partial charge on any atom is 0.228 e. The van der Waals surface area contributed by atoms with Crippen LogP contribution in [0.4, 0.5) is 5.13 Å². The van der Waals surface area contributed by atoms with Crippen LogP contribution in [0.15, 0.2) is 30.3 Å². The van der Waals surface area contributed by atoms with E-state index in [1.165, 1.54) is 11.3 Å². The lowest BCUT2D eigenvalue weighted by Crippen LogP contribution is -2.20. The largest absolute Gasteiger partial charge is 0.324 e. The Morgan fingerprint density at radius 1 is 1.27 bits per heavy atom. The molecule has 0 bridgehead atoms. The number of halogens is 1. The van der Waals surface area contributed by atoms with Gasteiger partial charge in [-0.05, 0) is 11.5 Å². The van der Waals surface area contributed by atoms with Gasteiger partial charge in [0.2, 0.25) is 11.0 Å². The van der Waals surface area contributed by atoms with Gasteiger partial charge in [-0.15, -0.1) is 22.6 Å². The summed E-state index contributed by atoms with van der Waals surface area (Å²) in [5.74, 6) is 0.381. The number of benzene rings is 1. The number of nitrogens with two attached hydrogens (primary N) is 1. The molecule has 120 valence electrons. The van der Waals surface area contributed by atoms with Crippen molar-refractivity contribution in [1.82, 2.24) is 10.2 Å². The van der Waals surface area contributed by atoms with Crippen molar-refractivity contribution >= 4 is 34.8 Å². The van der Waals surface area contributed by atoms with Gasteiger partial charge in [0.1, 0.15) is 5.01 Å². The van der Waals surface area contributed by atoms with Gasteiger partial charge in [-0.1, -0.05) is 55.5 Å². The number of amides is 1. The first-order chi connectivity index (χ1) is 10.0. The Morgan fingerprint density at radius 3 is 2.59 bits per heavy atom. The fraction of sp³-hybridized carbons (Fsp3) is 0.400. The Balaban J connectivity index is 0.00000242. The molecule has 1 amide bonds. The van der Waals surface area contributed by atoms with Gasteiger partial charge in [0.25, 0.3) is 0 Å². The van der Waals surface area contributed by atoms with Crippen LogP contribution in [0.5, 0.6) is 0 Å². The highest BCUT2D eigenvalue weighted by Gasteiger charge is 2.14. The minimum atomic E-state index is -0.311. The molecule has 1 aromatic heterocycles. The summed E-state index contributed by atoms with van der Waals surface area (Å²) in [5.41, 5.74) is 6.98. The number of aromatic nitrogens is 2. The Morgan fingerprint density at radius 2 is 1.95 bits per heavy atom. The van der Waals surface area contributed by atoms with Crippen molar-refractivity contribution < 1.29 is 4.79 Å². The molecule has 0 spiro atoms. The molecule has 1 heterocycles. The molecule has 0 radical (unpaired) electrons. The number of nitrogens with zero attached hydrogens (tertiary/aromatic N) is 2. The van der Waals surface area contributed by atoms with Crippen LogP contribution >= 0.6 is 23.7 Å². The zero-order valence-electron chi connectivity index (χ0n) is 12.7. The molecule has 0 fully saturated rings. The topological polar surface area (TPSA) is 80.9 Å². The standard InChI is InChI=1S/C15H20N4OS.ClH/c1-10(2)8-14-18-19-15(21-14)17-13(20)9-12(16)11-6-4-3-5-7-11;/h3-7,10,12H,8-9,16H2,1-2H3,(H,17,19,20);1H. The van der Waals surface area contributed by atoms with E-state index in [1.54, 1.807) is 0 Å². The minimum Gasteiger partial charge on any atom is -0.324 e. The van der Waals surface area contributed by atoms with Gasteiger partial charge in [0.15, 0.2) is 0 Å². The molecule has 1 aromatic carbocycles. The van der Waals surface area contributed by atoms with Gasteiger partial charge in [-0.25, -0.2) is 0 Å². The lowest BCUT2D eigenvalue weighted by molar-refractivity contribution is -0.116. The van der Waals surface area contributed by atoms with E-state index in [1.807, 2.05) is 30.3 Å². The maximum absolute atomic E-state index is 12.0. The maximum atomic E-state index is 12.0. The normalized spacial score (nSPS) is 11.8. The lowest BCUT2D eigenvalue weighted by atomic mass is 10.0.